The average molecular weight is 342 g/mol. The van der Waals surface area contributed by atoms with E-state index in [2.05, 4.69) is 4.90 Å². The molecule has 0 aliphatic carbocycles. The van der Waals surface area contributed by atoms with Gasteiger partial charge in [0.05, 0.1) is 0 Å². The number of phosphoric acid groups is 1. The molecule has 1 aliphatic rings. The maximum absolute atomic E-state index is 11.3. The first kappa shape index (κ1) is 15.6. The van der Waals surface area contributed by atoms with E-state index in [-0.39, 0.29) is 11.7 Å². The van der Waals surface area contributed by atoms with Gasteiger partial charge in [-0.2, -0.15) is 0 Å². The van der Waals surface area contributed by atoms with Crippen LogP contribution in [0.5, 0.6) is 5.75 Å². The van der Waals surface area contributed by atoms with Crippen molar-refractivity contribution < 1.29 is 18.9 Å². The summed E-state index contributed by atoms with van der Waals surface area (Å²) < 4.78 is 16.2. The smallest absolute Gasteiger partial charge is 0.404 e. The quantitative estimate of drug-likeness (QED) is 0.658. The lowest BCUT2D eigenvalue weighted by atomic mass is 9.95. The maximum Gasteiger partial charge on any atom is 0.524 e. The first-order chi connectivity index (χ1) is 10.4. The molecule has 118 valence electrons. The number of rotatable bonds is 4. The second kappa shape index (κ2) is 5.74. The van der Waals surface area contributed by atoms with Crippen LogP contribution in [0.25, 0.3) is 10.8 Å². The molecule has 7 heteroatoms. The third-order valence-electron chi connectivity index (χ3n) is 4.00. The molecule has 0 unspecified atom stereocenters. The summed E-state index contributed by atoms with van der Waals surface area (Å²) in [5, 5.41) is 1.63. The van der Waals surface area contributed by atoms with Gasteiger partial charge in [-0.15, -0.1) is 11.6 Å². The lowest BCUT2D eigenvalue weighted by Crippen LogP contribution is -2.21. The molecule has 0 saturated heterocycles. The van der Waals surface area contributed by atoms with Crippen molar-refractivity contribution in [2.75, 3.05) is 23.9 Å². The minimum absolute atomic E-state index is 0.200. The molecule has 0 saturated carbocycles. The molecule has 22 heavy (non-hydrogen) atoms. The number of nitrogens with zero attached hydrogens (tertiary/aromatic N) is 1. The molecule has 2 aromatic rings. The van der Waals surface area contributed by atoms with E-state index in [4.69, 9.17) is 25.9 Å². The molecular formula is C15H17ClNO4P. The van der Waals surface area contributed by atoms with Gasteiger partial charge in [0.15, 0.2) is 0 Å². The molecule has 0 spiro atoms. The van der Waals surface area contributed by atoms with E-state index in [9.17, 15) is 4.57 Å². The number of fused-ring (bicyclic) bond motifs is 3. The zero-order valence-corrected chi connectivity index (χ0v) is 13.7. The van der Waals surface area contributed by atoms with Crippen LogP contribution in [0.15, 0.2) is 30.3 Å². The second-order valence-electron chi connectivity index (χ2n) is 5.32. The molecule has 1 atom stereocenters. The summed E-state index contributed by atoms with van der Waals surface area (Å²) >= 11 is 6.12. The molecule has 2 aromatic carbocycles. The van der Waals surface area contributed by atoms with Gasteiger partial charge < -0.3 is 9.42 Å². The van der Waals surface area contributed by atoms with Gasteiger partial charge in [0.1, 0.15) is 5.75 Å². The van der Waals surface area contributed by atoms with Crippen molar-refractivity contribution in [3.63, 3.8) is 0 Å². The monoisotopic (exact) mass is 341 g/mol. The van der Waals surface area contributed by atoms with E-state index in [0.717, 1.165) is 29.7 Å². The van der Waals surface area contributed by atoms with Gasteiger partial charge in [0.2, 0.25) is 0 Å². The predicted molar refractivity (Wildman–Crippen MR) is 88.0 cm³/mol. The Hall–Kier alpha value is -1.26. The summed E-state index contributed by atoms with van der Waals surface area (Å²) in [6.45, 7) is 3.64. The first-order valence-corrected chi connectivity index (χ1v) is 9.12. The number of likely N-dealkylation sites (N-methyl/N-ethyl adjacent to an activating group) is 1. The highest BCUT2D eigenvalue weighted by Gasteiger charge is 2.31. The molecule has 0 aromatic heterocycles. The number of phosphoric ester groups is 1. The third-order valence-corrected chi connectivity index (χ3v) is 4.81. The van der Waals surface area contributed by atoms with E-state index in [1.165, 1.54) is 0 Å². The fourth-order valence-corrected chi connectivity index (χ4v) is 3.79. The van der Waals surface area contributed by atoms with Crippen molar-refractivity contribution in [2.45, 2.75) is 12.8 Å². The average Bonchev–Trinajstić information content (AvgIpc) is 2.84. The standard InChI is InChI=1S/C15H17ClNO4P/c1-2-17-9-10(8-16)15-12-6-4-3-5-11(12)14(7-13(15)17)21-22(18,19)20/h3-7,10H,2,8-9H2,1H3,(H2,18,19,20)/t10-/m1/s1. The summed E-state index contributed by atoms with van der Waals surface area (Å²) in [5.74, 6) is 0.911. The molecule has 0 amide bonds. The van der Waals surface area contributed by atoms with Gasteiger partial charge in [-0.3, -0.25) is 9.79 Å². The molecule has 0 fully saturated rings. The Morgan fingerprint density at radius 2 is 2.05 bits per heavy atom. The van der Waals surface area contributed by atoms with Crippen LogP contribution in [0.4, 0.5) is 5.69 Å². The number of benzene rings is 2. The van der Waals surface area contributed by atoms with Crippen LogP contribution < -0.4 is 9.42 Å². The number of hydrogen-bond donors (Lipinski definition) is 2. The lowest BCUT2D eigenvalue weighted by Gasteiger charge is -2.19. The largest absolute Gasteiger partial charge is 0.524 e. The molecule has 0 radical (unpaired) electrons. The molecular weight excluding hydrogens is 325 g/mol. The highest BCUT2D eigenvalue weighted by Crippen LogP contribution is 2.48. The first-order valence-electron chi connectivity index (χ1n) is 7.06. The molecule has 1 heterocycles. The minimum Gasteiger partial charge on any atom is -0.404 e. The SMILES string of the molecule is CCN1C[C@@H](CCl)c2c1cc(OP(=O)(O)O)c1ccccc21. The Morgan fingerprint density at radius 3 is 2.64 bits per heavy atom. The van der Waals surface area contributed by atoms with E-state index < -0.39 is 7.82 Å². The molecule has 1 aliphatic heterocycles. The van der Waals surface area contributed by atoms with Gasteiger partial charge in [0, 0.05) is 42.0 Å². The highest BCUT2D eigenvalue weighted by molar-refractivity contribution is 7.46. The Balaban J connectivity index is 2.28. The van der Waals surface area contributed by atoms with Crippen molar-refractivity contribution in [3.8, 4) is 5.75 Å². The van der Waals surface area contributed by atoms with Gasteiger partial charge in [-0.1, -0.05) is 24.3 Å². The van der Waals surface area contributed by atoms with Gasteiger partial charge >= 0.3 is 7.82 Å². The normalized spacial score (nSPS) is 17.8. The van der Waals surface area contributed by atoms with Crippen molar-refractivity contribution in [2.24, 2.45) is 0 Å². The van der Waals surface area contributed by atoms with Gasteiger partial charge in [0.25, 0.3) is 0 Å². The fourth-order valence-electron chi connectivity index (χ4n) is 3.13. The van der Waals surface area contributed by atoms with Crippen LogP contribution in [0.3, 0.4) is 0 Å². The molecule has 2 N–H and O–H groups in total. The van der Waals surface area contributed by atoms with Crippen LogP contribution in [-0.2, 0) is 4.57 Å². The molecule has 3 rings (SSSR count). The molecule has 5 nitrogen and oxygen atoms in total. The van der Waals surface area contributed by atoms with Crippen LogP contribution in [0.1, 0.15) is 18.4 Å². The topological polar surface area (TPSA) is 70.0 Å². The minimum atomic E-state index is -4.61. The van der Waals surface area contributed by atoms with Gasteiger partial charge in [-0.05, 0) is 17.9 Å². The number of hydrogen-bond acceptors (Lipinski definition) is 3. The van der Waals surface area contributed by atoms with Crippen LogP contribution in [0, 0.1) is 0 Å². The van der Waals surface area contributed by atoms with Crippen molar-refractivity contribution in [1.82, 2.24) is 0 Å². The Kier molecular flexibility index (Phi) is 4.08. The maximum atomic E-state index is 11.3. The third kappa shape index (κ3) is 2.70. The van der Waals surface area contributed by atoms with Crippen LogP contribution >= 0.6 is 19.4 Å². The predicted octanol–water partition coefficient (Wildman–Crippen LogP) is 3.47. The summed E-state index contributed by atoms with van der Waals surface area (Å²) in [5.41, 5.74) is 2.07. The Labute approximate surface area is 133 Å². The molecule has 0 bridgehead atoms. The fraction of sp³-hybridized carbons (Fsp3) is 0.333. The van der Waals surface area contributed by atoms with E-state index in [1.54, 1.807) is 12.1 Å². The van der Waals surface area contributed by atoms with Crippen molar-refractivity contribution >= 4 is 35.9 Å². The number of halogens is 1. The van der Waals surface area contributed by atoms with Crippen LogP contribution in [0.2, 0.25) is 0 Å². The zero-order chi connectivity index (χ0) is 15.9. The summed E-state index contributed by atoms with van der Waals surface area (Å²) in [7, 11) is -4.61. The number of alkyl halides is 1. The van der Waals surface area contributed by atoms with Gasteiger partial charge in [-0.25, -0.2) is 4.57 Å². The van der Waals surface area contributed by atoms with E-state index in [1.807, 2.05) is 25.1 Å². The zero-order valence-electron chi connectivity index (χ0n) is 12.1. The van der Waals surface area contributed by atoms with E-state index in [0.29, 0.717) is 11.3 Å². The second-order valence-corrected chi connectivity index (χ2v) is 6.80. The van der Waals surface area contributed by atoms with E-state index >= 15 is 0 Å². The summed E-state index contributed by atoms with van der Waals surface area (Å²) in [6, 6.07) is 9.19. The summed E-state index contributed by atoms with van der Waals surface area (Å²) in [6.07, 6.45) is 0. The summed E-state index contributed by atoms with van der Waals surface area (Å²) in [4.78, 5) is 20.5. The lowest BCUT2D eigenvalue weighted by molar-refractivity contribution is 0.284. The van der Waals surface area contributed by atoms with Crippen LogP contribution in [-0.4, -0.2) is 28.8 Å². The Morgan fingerprint density at radius 1 is 1.36 bits per heavy atom. The Bertz CT molecular complexity index is 761. The highest BCUT2D eigenvalue weighted by atomic mass is 35.5. The number of anilines is 1. The van der Waals surface area contributed by atoms with Crippen molar-refractivity contribution in [1.29, 1.82) is 0 Å². The van der Waals surface area contributed by atoms with Crippen molar-refractivity contribution in [3.05, 3.63) is 35.9 Å².